The SMILES string of the molecule is CC(=O)Nc1nn(-c2cc(C)ccn2)cc1-c1cc(C2CC2)[nH]n1. The minimum Gasteiger partial charge on any atom is -0.309 e. The van der Waals surface area contributed by atoms with Gasteiger partial charge in [0.15, 0.2) is 11.6 Å². The molecule has 0 aliphatic heterocycles. The summed E-state index contributed by atoms with van der Waals surface area (Å²) in [4.78, 5) is 15.9. The molecule has 122 valence electrons. The quantitative estimate of drug-likeness (QED) is 0.773. The van der Waals surface area contributed by atoms with Gasteiger partial charge in [0.2, 0.25) is 5.91 Å². The van der Waals surface area contributed by atoms with Gasteiger partial charge in [-0.05, 0) is 43.5 Å². The van der Waals surface area contributed by atoms with Crippen LogP contribution in [0, 0.1) is 6.92 Å². The van der Waals surface area contributed by atoms with Gasteiger partial charge in [0.1, 0.15) is 0 Å². The highest BCUT2D eigenvalue weighted by atomic mass is 16.1. The van der Waals surface area contributed by atoms with Crippen LogP contribution in [-0.4, -0.2) is 30.9 Å². The summed E-state index contributed by atoms with van der Waals surface area (Å²) < 4.78 is 1.67. The van der Waals surface area contributed by atoms with Crippen molar-refractivity contribution >= 4 is 11.7 Å². The number of hydrogen-bond donors (Lipinski definition) is 2. The molecule has 1 aliphatic carbocycles. The second kappa shape index (κ2) is 5.59. The first kappa shape index (κ1) is 14.6. The number of hydrogen-bond acceptors (Lipinski definition) is 4. The minimum atomic E-state index is -0.170. The lowest BCUT2D eigenvalue weighted by molar-refractivity contribution is -0.114. The molecule has 3 aromatic heterocycles. The van der Waals surface area contributed by atoms with Crippen LogP contribution in [0.15, 0.2) is 30.6 Å². The van der Waals surface area contributed by atoms with Crippen LogP contribution in [0.3, 0.4) is 0 Å². The molecule has 1 fully saturated rings. The van der Waals surface area contributed by atoms with Crippen LogP contribution < -0.4 is 5.32 Å². The summed E-state index contributed by atoms with van der Waals surface area (Å²) in [6.45, 7) is 3.47. The van der Waals surface area contributed by atoms with Gasteiger partial charge in [0, 0.05) is 30.9 Å². The number of amides is 1. The third-order valence-electron chi connectivity index (χ3n) is 4.04. The van der Waals surface area contributed by atoms with E-state index in [4.69, 9.17) is 0 Å². The number of aromatic amines is 1. The Labute approximate surface area is 139 Å². The van der Waals surface area contributed by atoms with Crippen molar-refractivity contribution < 1.29 is 4.79 Å². The Morgan fingerprint density at radius 2 is 2.21 bits per heavy atom. The molecule has 1 saturated carbocycles. The van der Waals surface area contributed by atoms with Crippen LogP contribution in [0.2, 0.25) is 0 Å². The van der Waals surface area contributed by atoms with Crippen molar-refractivity contribution in [2.75, 3.05) is 5.32 Å². The molecule has 0 aromatic carbocycles. The van der Waals surface area contributed by atoms with Gasteiger partial charge in [-0.25, -0.2) is 9.67 Å². The highest BCUT2D eigenvalue weighted by molar-refractivity contribution is 5.92. The first-order chi connectivity index (χ1) is 11.6. The molecule has 0 unspecified atom stereocenters. The smallest absolute Gasteiger partial charge is 0.222 e. The van der Waals surface area contributed by atoms with E-state index in [0.717, 1.165) is 22.5 Å². The Hall–Kier alpha value is -2.96. The lowest BCUT2D eigenvalue weighted by atomic mass is 10.2. The maximum absolute atomic E-state index is 11.5. The van der Waals surface area contributed by atoms with E-state index in [1.165, 1.54) is 19.8 Å². The van der Waals surface area contributed by atoms with Crippen LogP contribution in [-0.2, 0) is 4.79 Å². The first-order valence-electron chi connectivity index (χ1n) is 7.96. The van der Waals surface area contributed by atoms with Crippen LogP contribution in [0.1, 0.15) is 36.9 Å². The molecular weight excluding hydrogens is 304 g/mol. The number of nitrogens with zero attached hydrogens (tertiary/aromatic N) is 4. The van der Waals surface area contributed by atoms with Crippen LogP contribution in [0.25, 0.3) is 17.1 Å². The number of rotatable bonds is 4. The molecule has 3 aromatic rings. The van der Waals surface area contributed by atoms with Crippen molar-refractivity contribution in [2.45, 2.75) is 32.6 Å². The number of pyridine rings is 1. The van der Waals surface area contributed by atoms with Gasteiger partial charge in [-0.15, -0.1) is 5.10 Å². The van der Waals surface area contributed by atoms with Crippen molar-refractivity contribution in [3.63, 3.8) is 0 Å². The Balaban J connectivity index is 1.77. The fraction of sp³-hybridized carbons (Fsp3) is 0.294. The fourth-order valence-electron chi connectivity index (χ4n) is 2.66. The highest BCUT2D eigenvalue weighted by Gasteiger charge is 2.26. The van der Waals surface area contributed by atoms with E-state index in [0.29, 0.717) is 17.6 Å². The molecule has 2 N–H and O–H groups in total. The summed E-state index contributed by atoms with van der Waals surface area (Å²) in [6.07, 6.45) is 5.99. The molecule has 7 heteroatoms. The molecule has 7 nitrogen and oxygen atoms in total. The summed E-state index contributed by atoms with van der Waals surface area (Å²) in [5, 5.41) is 14.7. The lowest BCUT2D eigenvalue weighted by Gasteiger charge is -2.00. The van der Waals surface area contributed by atoms with E-state index in [2.05, 4.69) is 25.6 Å². The second-order valence-corrected chi connectivity index (χ2v) is 6.19. The molecule has 0 spiro atoms. The Bertz CT molecular complexity index is 905. The van der Waals surface area contributed by atoms with Crippen molar-refractivity contribution in [3.05, 3.63) is 41.9 Å². The average molecular weight is 322 g/mol. The summed E-state index contributed by atoms with van der Waals surface area (Å²) in [6, 6.07) is 5.90. The normalized spacial score (nSPS) is 13.9. The first-order valence-corrected chi connectivity index (χ1v) is 7.96. The zero-order valence-electron chi connectivity index (χ0n) is 13.6. The van der Waals surface area contributed by atoms with E-state index in [9.17, 15) is 4.79 Å². The summed E-state index contributed by atoms with van der Waals surface area (Å²) in [5.41, 5.74) is 3.78. The Morgan fingerprint density at radius 3 is 2.92 bits per heavy atom. The third-order valence-corrected chi connectivity index (χ3v) is 4.04. The van der Waals surface area contributed by atoms with Crippen LogP contribution in [0.4, 0.5) is 5.82 Å². The summed E-state index contributed by atoms with van der Waals surface area (Å²) >= 11 is 0. The minimum absolute atomic E-state index is 0.170. The van der Waals surface area contributed by atoms with E-state index in [1.807, 2.05) is 31.3 Å². The van der Waals surface area contributed by atoms with Crippen molar-refractivity contribution in [3.8, 4) is 17.1 Å². The molecule has 24 heavy (non-hydrogen) atoms. The van der Waals surface area contributed by atoms with Crippen LogP contribution in [0.5, 0.6) is 0 Å². The van der Waals surface area contributed by atoms with Crippen LogP contribution >= 0.6 is 0 Å². The molecule has 4 rings (SSSR count). The van der Waals surface area contributed by atoms with E-state index >= 15 is 0 Å². The number of H-pyrrole nitrogens is 1. The zero-order chi connectivity index (χ0) is 16.7. The van der Waals surface area contributed by atoms with Gasteiger partial charge in [-0.1, -0.05) is 0 Å². The number of anilines is 1. The van der Waals surface area contributed by atoms with Crippen molar-refractivity contribution in [2.24, 2.45) is 0 Å². The molecule has 0 bridgehead atoms. The Morgan fingerprint density at radius 1 is 1.38 bits per heavy atom. The largest absolute Gasteiger partial charge is 0.309 e. The molecule has 0 atom stereocenters. The summed E-state index contributed by atoms with van der Waals surface area (Å²) in [5.74, 6) is 1.60. The molecular formula is C17H18N6O. The maximum atomic E-state index is 11.5. The number of carbonyl (C=O) groups is 1. The number of nitrogens with one attached hydrogen (secondary N) is 2. The van der Waals surface area contributed by atoms with E-state index in [-0.39, 0.29) is 5.91 Å². The third kappa shape index (κ3) is 2.80. The molecule has 1 aliphatic rings. The average Bonchev–Trinajstić information content (AvgIpc) is 3.13. The number of aryl methyl sites for hydroxylation is 1. The lowest BCUT2D eigenvalue weighted by Crippen LogP contribution is -2.08. The zero-order valence-corrected chi connectivity index (χ0v) is 13.6. The monoisotopic (exact) mass is 322 g/mol. The predicted molar refractivity (Wildman–Crippen MR) is 90.0 cm³/mol. The fourth-order valence-corrected chi connectivity index (χ4v) is 2.66. The standard InChI is InChI=1S/C17H18N6O/c1-10-5-6-18-16(7-10)23-9-13(17(22-23)19-11(2)24)15-8-14(20-21-15)12-3-4-12/h5-9,12H,3-4H2,1-2H3,(H,20,21)(H,19,22,24). The van der Waals surface area contributed by atoms with Gasteiger partial charge in [0.05, 0.1) is 11.3 Å². The van der Waals surface area contributed by atoms with E-state index < -0.39 is 0 Å². The van der Waals surface area contributed by atoms with Crippen molar-refractivity contribution in [1.82, 2.24) is 25.0 Å². The molecule has 0 saturated heterocycles. The van der Waals surface area contributed by atoms with Gasteiger partial charge in [-0.2, -0.15) is 5.10 Å². The molecule has 0 radical (unpaired) electrons. The topological polar surface area (TPSA) is 88.5 Å². The van der Waals surface area contributed by atoms with E-state index in [1.54, 1.807) is 10.9 Å². The second-order valence-electron chi connectivity index (χ2n) is 6.19. The Kier molecular flexibility index (Phi) is 3.41. The molecule has 1 amide bonds. The van der Waals surface area contributed by atoms with Gasteiger partial charge in [0.25, 0.3) is 0 Å². The van der Waals surface area contributed by atoms with Gasteiger partial charge < -0.3 is 5.32 Å². The number of carbonyl (C=O) groups excluding carboxylic acids is 1. The maximum Gasteiger partial charge on any atom is 0.222 e. The van der Waals surface area contributed by atoms with Crippen molar-refractivity contribution in [1.29, 1.82) is 0 Å². The number of aromatic nitrogens is 5. The van der Waals surface area contributed by atoms with Gasteiger partial charge in [-0.3, -0.25) is 9.89 Å². The molecule has 3 heterocycles. The highest BCUT2D eigenvalue weighted by Crippen LogP contribution is 2.40. The summed E-state index contributed by atoms with van der Waals surface area (Å²) in [7, 11) is 0. The van der Waals surface area contributed by atoms with Gasteiger partial charge >= 0.3 is 0 Å². The predicted octanol–water partition coefficient (Wildman–Crippen LogP) is 2.80.